The van der Waals surface area contributed by atoms with Gasteiger partial charge < -0.3 is 19.5 Å². The number of methoxy groups -OCH3 is 1. The second-order valence-corrected chi connectivity index (χ2v) is 6.24. The van der Waals surface area contributed by atoms with Crippen molar-refractivity contribution in [1.29, 1.82) is 0 Å². The molecule has 0 bridgehead atoms. The lowest BCUT2D eigenvalue weighted by molar-refractivity contribution is -0.143. The molecule has 1 amide bonds. The van der Waals surface area contributed by atoms with E-state index in [1.165, 1.54) is 0 Å². The number of aliphatic carboxylic acids is 1. The molecule has 0 radical (unpaired) electrons. The summed E-state index contributed by atoms with van der Waals surface area (Å²) in [5, 5.41) is 9.53. The molecular formula is C20H21NO5. The number of ether oxygens (including phenoxy) is 2. The summed E-state index contributed by atoms with van der Waals surface area (Å²) in [5.74, 6) is -0.635. The van der Waals surface area contributed by atoms with Gasteiger partial charge in [0.1, 0.15) is 11.5 Å². The predicted molar refractivity (Wildman–Crippen MR) is 95.3 cm³/mol. The molecule has 1 N–H and O–H groups in total. The molecule has 2 atom stereocenters. The lowest BCUT2D eigenvalue weighted by Gasteiger charge is -2.34. The average molecular weight is 355 g/mol. The molecule has 2 aromatic rings. The zero-order valence-corrected chi connectivity index (χ0v) is 14.7. The molecule has 1 heterocycles. The Kier molecular flexibility index (Phi) is 5.11. The van der Waals surface area contributed by atoms with Crippen molar-refractivity contribution in [3.05, 3.63) is 59.7 Å². The van der Waals surface area contributed by atoms with Crippen LogP contribution in [0.3, 0.4) is 0 Å². The van der Waals surface area contributed by atoms with Gasteiger partial charge in [-0.2, -0.15) is 0 Å². The summed E-state index contributed by atoms with van der Waals surface area (Å²) in [6, 6.07) is 14.3. The van der Waals surface area contributed by atoms with Gasteiger partial charge in [-0.05, 0) is 42.3 Å². The molecule has 0 saturated carbocycles. The zero-order chi connectivity index (χ0) is 18.7. The molecule has 6 heteroatoms. The molecular weight excluding hydrogens is 334 g/mol. The fraction of sp³-hybridized carbons (Fsp3) is 0.300. The van der Waals surface area contributed by atoms with Crippen LogP contribution in [0, 0.1) is 0 Å². The fourth-order valence-corrected chi connectivity index (χ4v) is 3.15. The normalized spacial score (nSPS) is 17.2. The van der Waals surface area contributed by atoms with E-state index >= 15 is 0 Å². The van der Waals surface area contributed by atoms with Gasteiger partial charge in [0.15, 0.2) is 6.10 Å². The van der Waals surface area contributed by atoms with Gasteiger partial charge in [-0.1, -0.05) is 24.3 Å². The maximum Gasteiger partial charge on any atom is 0.312 e. The van der Waals surface area contributed by atoms with Gasteiger partial charge in [-0.25, -0.2) is 0 Å². The van der Waals surface area contributed by atoms with Gasteiger partial charge in [-0.15, -0.1) is 0 Å². The molecule has 2 unspecified atom stereocenters. The van der Waals surface area contributed by atoms with E-state index < -0.39 is 18.0 Å². The lowest BCUT2D eigenvalue weighted by Crippen LogP contribution is -2.45. The third-order valence-electron chi connectivity index (χ3n) is 4.52. The van der Waals surface area contributed by atoms with Gasteiger partial charge in [0, 0.05) is 13.1 Å². The Morgan fingerprint density at radius 3 is 2.42 bits per heavy atom. The quantitative estimate of drug-likeness (QED) is 0.892. The van der Waals surface area contributed by atoms with Crippen LogP contribution >= 0.6 is 0 Å². The van der Waals surface area contributed by atoms with E-state index in [1.54, 1.807) is 43.2 Å². The van der Waals surface area contributed by atoms with Gasteiger partial charge in [0.25, 0.3) is 5.91 Å². The number of hydrogen-bond donors (Lipinski definition) is 1. The van der Waals surface area contributed by atoms with Gasteiger partial charge >= 0.3 is 5.97 Å². The first-order valence-electron chi connectivity index (χ1n) is 8.39. The van der Waals surface area contributed by atoms with E-state index in [1.807, 2.05) is 24.3 Å². The van der Waals surface area contributed by atoms with Gasteiger partial charge in [0.05, 0.1) is 13.0 Å². The Labute approximate surface area is 152 Å². The molecule has 0 aromatic heterocycles. The summed E-state index contributed by atoms with van der Waals surface area (Å²) in [6.07, 6.45) is -0.719. The summed E-state index contributed by atoms with van der Waals surface area (Å²) < 4.78 is 10.8. The number of rotatable bonds is 5. The van der Waals surface area contributed by atoms with Crippen molar-refractivity contribution in [2.75, 3.05) is 13.7 Å². The number of carbonyl (C=O) groups is 2. The molecule has 26 heavy (non-hydrogen) atoms. The van der Waals surface area contributed by atoms with Crippen molar-refractivity contribution in [2.24, 2.45) is 0 Å². The number of carbonyl (C=O) groups excluding carboxylic acids is 1. The molecule has 1 aliphatic rings. The van der Waals surface area contributed by atoms with Crippen LogP contribution in [-0.4, -0.2) is 41.6 Å². The second-order valence-electron chi connectivity index (χ2n) is 6.24. The zero-order valence-electron chi connectivity index (χ0n) is 14.7. The van der Waals surface area contributed by atoms with Crippen molar-refractivity contribution >= 4 is 11.9 Å². The number of carboxylic acids is 1. The maximum absolute atomic E-state index is 12.8. The first kappa shape index (κ1) is 17.8. The van der Waals surface area contributed by atoms with Gasteiger partial charge in [-0.3, -0.25) is 9.59 Å². The largest absolute Gasteiger partial charge is 0.497 e. The van der Waals surface area contributed by atoms with Crippen LogP contribution in [0.5, 0.6) is 11.5 Å². The minimum Gasteiger partial charge on any atom is -0.497 e. The average Bonchev–Trinajstić information content (AvgIpc) is 2.66. The third kappa shape index (κ3) is 3.64. The number of benzene rings is 2. The fourth-order valence-electron chi connectivity index (χ4n) is 3.15. The minimum atomic E-state index is -0.932. The number of amides is 1. The third-order valence-corrected chi connectivity index (χ3v) is 4.52. The monoisotopic (exact) mass is 355 g/mol. The highest BCUT2D eigenvalue weighted by Gasteiger charge is 2.34. The highest BCUT2D eigenvalue weighted by molar-refractivity contribution is 5.84. The molecule has 0 aliphatic carbocycles. The highest BCUT2D eigenvalue weighted by Crippen LogP contribution is 2.29. The number of nitrogens with zero attached hydrogens (tertiary/aromatic N) is 1. The Balaban J connectivity index is 1.73. The van der Waals surface area contributed by atoms with Crippen LogP contribution in [0.2, 0.25) is 0 Å². The molecule has 6 nitrogen and oxygen atoms in total. The van der Waals surface area contributed by atoms with E-state index in [2.05, 4.69) is 0 Å². The van der Waals surface area contributed by atoms with E-state index in [0.717, 1.165) is 11.1 Å². The molecule has 2 aromatic carbocycles. The second kappa shape index (κ2) is 7.47. The molecule has 136 valence electrons. The van der Waals surface area contributed by atoms with Gasteiger partial charge in [0.2, 0.25) is 0 Å². The molecule has 3 rings (SSSR count). The Hall–Kier alpha value is -3.02. The summed E-state index contributed by atoms with van der Waals surface area (Å²) in [6.45, 7) is 2.19. The summed E-state index contributed by atoms with van der Waals surface area (Å²) in [4.78, 5) is 26.0. The van der Waals surface area contributed by atoms with Crippen LogP contribution in [-0.2, 0) is 16.1 Å². The van der Waals surface area contributed by atoms with E-state index in [9.17, 15) is 14.7 Å². The number of hydrogen-bond acceptors (Lipinski definition) is 4. The summed E-state index contributed by atoms with van der Waals surface area (Å²) in [7, 11) is 1.58. The van der Waals surface area contributed by atoms with E-state index in [-0.39, 0.29) is 12.5 Å². The van der Waals surface area contributed by atoms with Crippen LogP contribution < -0.4 is 9.47 Å². The lowest BCUT2D eigenvalue weighted by atomic mass is 9.89. The smallest absolute Gasteiger partial charge is 0.312 e. The summed E-state index contributed by atoms with van der Waals surface area (Å²) >= 11 is 0. The number of fused-ring (bicyclic) bond motifs is 1. The van der Waals surface area contributed by atoms with Crippen LogP contribution in [0.4, 0.5) is 0 Å². The number of carboxylic acid groups (broad SMARTS) is 1. The van der Waals surface area contributed by atoms with Crippen LogP contribution in [0.15, 0.2) is 48.5 Å². The topological polar surface area (TPSA) is 76.1 Å². The van der Waals surface area contributed by atoms with Crippen molar-refractivity contribution in [2.45, 2.75) is 25.5 Å². The Morgan fingerprint density at radius 2 is 1.77 bits per heavy atom. The minimum absolute atomic E-state index is 0.140. The predicted octanol–water partition coefficient (Wildman–Crippen LogP) is 2.67. The van der Waals surface area contributed by atoms with Crippen LogP contribution in [0.1, 0.15) is 24.0 Å². The molecule has 1 aliphatic heterocycles. The highest BCUT2D eigenvalue weighted by atomic mass is 16.5. The van der Waals surface area contributed by atoms with Crippen molar-refractivity contribution in [3.63, 3.8) is 0 Å². The first-order chi connectivity index (χ1) is 12.5. The first-order valence-corrected chi connectivity index (χ1v) is 8.39. The SMILES string of the molecule is COc1ccc(OC(C)C(=O)N2Cc3ccccc3C(C(=O)O)C2)cc1. The van der Waals surface area contributed by atoms with Crippen molar-refractivity contribution < 1.29 is 24.2 Å². The Morgan fingerprint density at radius 1 is 1.12 bits per heavy atom. The van der Waals surface area contributed by atoms with Crippen LogP contribution in [0.25, 0.3) is 0 Å². The van der Waals surface area contributed by atoms with E-state index in [0.29, 0.717) is 18.0 Å². The molecule has 0 fully saturated rings. The summed E-state index contributed by atoms with van der Waals surface area (Å²) in [5.41, 5.74) is 1.63. The molecule has 0 spiro atoms. The maximum atomic E-state index is 12.8. The standard InChI is InChI=1S/C20H21NO5/c1-13(26-16-9-7-15(25-2)8-10-16)19(22)21-11-14-5-3-4-6-17(14)18(12-21)20(23)24/h3-10,13,18H,11-12H2,1-2H3,(H,23,24). The Bertz CT molecular complexity index is 802. The van der Waals surface area contributed by atoms with Crippen molar-refractivity contribution in [3.8, 4) is 11.5 Å². The van der Waals surface area contributed by atoms with E-state index in [4.69, 9.17) is 9.47 Å². The van der Waals surface area contributed by atoms with Crippen molar-refractivity contribution in [1.82, 2.24) is 4.90 Å². The molecule has 0 saturated heterocycles.